The second kappa shape index (κ2) is 4.94. The van der Waals surface area contributed by atoms with Crippen LogP contribution in [0.5, 0.6) is 0 Å². The van der Waals surface area contributed by atoms with Gasteiger partial charge >= 0.3 is 0 Å². The Morgan fingerprint density at radius 3 is 2.60 bits per heavy atom. The molecule has 0 spiro atoms. The highest BCUT2D eigenvalue weighted by molar-refractivity contribution is 5.82. The van der Waals surface area contributed by atoms with E-state index in [4.69, 9.17) is 11.5 Å². The third-order valence-corrected chi connectivity index (χ3v) is 3.25. The highest BCUT2D eigenvalue weighted by atomic mass is 16.2. The molecule has 1 aliphatic rings. The number of nitrogens with one attached hydrogen (secondary N) is 1. The van der Waals surface area contributed by atoms with Crippen LogP contribution in [0.1, 0.15) is 39.5 Å². The predicted molar refractivity (Wildman–Crippen MR) is 61.2 cm³/mol. The molecule has 1 amide bonds. The maximum Gasteiger partial charge on any atom is 0.237 e. The molecule has 2 atom stereocenters. The van der Waals surface area contributed by atoms with Gasteiger partial charge in [-0.25, -0.2) is 0 Å². The monoisotopic (exact) mass is 213 g/mol. The molecule has 88 valence electrons. The van der Waals surface area contributed by atoms with Crippen molar-refractivity contribution in [3.63, 3.8) is 0 Å². The van der Waals surface area contributed by atoms with Gasteiger partial charge < -0.3 is 16.8 Å². The molecule has 0 heterocycles. The van der Waals surface area contributed by atoms with E-state index in [2.05, 4.69) is 5.32 Å². The smallest absolute Gasteiger partial charge is 0.237 e. The van der Waals surface area contributed by atoms with Crippen LogP contribution in [0, 0.1) is 5.92 Å². The molecule has 5 N–H and O–H groups in total. The molecule has 4 nitrogen and oxygen atoms in total. The van der Waals surface area contributed by atoms with Crippen LogP contribution in [-0.2, 0) is 4.79 Å². The lowest BCUT2D eigenvalue weighted by Gasteiger charge is -2.30. The first-order valence-electron chi connectivity index (χ1n) is 5.81. The Kier molecular flexibility index (Phi) is 4.11. The zero-order valence-corrected chi connectivity index (χ0v) is 9.75. The SMILES string of the molecule is CCCC(N)C(=O)NC(C)(CN)C1CC1. The predicted octanol–water partition coefficient (Wildman–Crippen LogP) is 0.357. The molecule has 0 aromatic carbocycles. The summed E-state index contributed by atoms with van der Waals surface area (Å²) in [5.74, 6) is 0.483. The quantitative estimate of drug-likeness (QED) is 0.596. The van der Waals surface area contributed by atoms with Crippen molar-refractivity contribution in [1.82, 2.24) is 5.32 Å². The van der Waals surface area contributed by atoms with E-state index in [9.17, 15) is 4.79 Å². The fraction of sp³-hybridized carbons (Fsp3) is 0.909. The van der Waals surface area contributed by atoms with Gasteiger partial charge in [0.05, 0.1) is 11.6 Å². The van der Waals surface area contributed by atoms with Gasteiger partial charge in [0.25, 0.3) is 0 Å². The second-order valence-corrected chi connectivity index (χ2v) is 4.78. The molecule has 15 heavy (non-hydrogen) atoms. The van der Waals surface area contributed by atoms with Gasteiger partial charge in [-0.05, 0) is 32.1 Å². The Morgan fingerprint density at radius 2 is 2.20 bits per heavy atom. The van der Waals surface area contributed by atoms with Crippen molar-refractivity contribution in [2.24, 2.45) is 17.4 Å². The van der Waals surface area contributed by atoms with E-state index in [1.54, 1.807) is 0 Å². The van der Waals surface area contributed by atoms with Crippen LogP contribution in [0.4, 0.5) is 0 Å². The second-order valence-electron chi connectivity index (χ2n) is 4.78. The number of hydrogen-bond donors (Lipinski definition) is 3. The Bertz CT molecular complexity index is 228. The zero-order valence-electron chi connectivity index (χ0n) is 9.75. The van der Waals surface area contributed by atoms with Gasteiger partial charge in [0.2, 0.25) is 5.91 Å². The minimum absolute atomic E-state index is 0.0586. The lowest BCUT2D eigenvalue weighted by molar-refractivity contribution is -0.124. The Hall–Kier alpha value is -0.610. The van der Waals surface area contributed by atoms with Gasteiger partial charge in [-0.3, -0.25) is 4.79 Å². The molecule has 1 rings (SSSR count). The summed E-state index contributed by atoms with van der Waals surface area (Å²) in [4.78, 5) is 11.7. The Morgan fingerprint density at radius 1 is 1.60 bits per heavy atom. The molecule has 0 bridgehead atoms. The third-order valence-electron chi connectivity index (χ3n) is 3.25. The number of hydrogen-bond acceptors (Lipinski definition) is 3. The third kappa shape index (κ3) is 3.18. The zero-order chi connectivity index (χ0) is 11.5. The highest BCUT2D eigenvalue weighted by Gasteiger charge is 2.41. The van der Waals surface area contributed by atoms with Crippen LogP contribution in [0.25, 0.3) is 0 Å². The van der Waals surface area contributed by atoms with Gasteiger partial charge in [0, 0.05) is 6.54 Å². The summed E-state index contributed by atoms with van der Waals surface area (Å²) in [5, 5.41) is 3.00. The largest absolute Gasteiger partial charge is 0.348 e. The van der Waals surface area contributed by atoms with E-state index in [1.807, 2.05) is 13.8 Å². The van der Waals surface area contributed by atoms with Crippen molar-refractivity contribution >= 4 is 5.91 Å². The minimum Gasteiger partial charge on any atom is -0.348 e. The topological polar surface area (TPSA) is 81.1 Å². The molecule has 0 aliphatic heterocycles. The molecule has 2 unspecified atom stereocenters. The average molecular weight is 213 g/mol. The molecule has 0 radical (unpaired) electrons. The van der Waals surface area contributed by atoms with Crippen LogP contribution >= 0.6 is 0 Å². The van der Waals surface area contributed by atoms with E-state index < -0.39 is 0 Å². The fourth-order valence-electron chi connectivity index (χ4n) is 1.86. The normalized spacial score (nSPS) is 21.9. The van der Waals surface area contributed by atoms with Gasteiger partial charge in [-0.15, -0.1) is 0 Å². The fourth-order valence-corrected chi connectivity index (χ4v) is 1.86. The molecule has 4 heteroatoms. The van der Waals surface area contributed by atoms with Gasteiger partial charge in [-0.1, -0.05) is 13.3 Å². The first-order valence-corrected chi connectivity index (χ1v) is 5.81. The van der Waals surface area contributed by atoms with E-state index in [1.165, 1.54) is 0 Å². The summed E-state index contributed by atoms with van der Waals surface area (Å²) in [7, 11) is 0. The van der Waals surface area contributed by atoms with E-state index in [0.717, 1.165) is 25.7 Å². The van der Waals surface area contributed by atoms with E-state index >= 15 is 0 Å². The summed E-state index contributed by atoms with van der Waals surface area (Å²) in [6.07, 6.45) is 3.99. The molecular weight excluding hydrogens is 190 g/mol. The van der Waals surface area contributed by atoms with Gasteiger partial charge in [0.1, 0.15) is 0 Å². The van der Waals surface area contributed by atoms with E-state index in [-0.39, 0.29) is 17.5 Å². The van der Waals surface area contributed by atoms with Crippen molar-refractivity contribution < 1.29 is 4.79 Å². The first-order chi connectivity index (χ1) is 7.03. The average Bonchev–Trinajstić information content (AvgIpc) is 3.01. The summed E-state index contributed by atoms with van der Waals surface area (Å²) in [6, 6.07) is -0.389. The maximum absolute atomic E-state index is 11.7. The van der Waals surface area contributed by atoms with E-state index in [0.29, 0.717) is 12.5 Å². The lowest BCUT2D eigenvalue weighted by atomic mass is 9.95. The summed E-state index contributed by atoms with van der Waals surface area (Å²) < 4.78 is 0. The number of carbonyl (C=O) groups excluding carboxylic acids is 1. The summed E-state index contributed by atoms with van der Waals surface area (Å²) in [5.41, 5.74) is 11.2. The molecule has 1 fully saturated rings. The van der Waals surface area contributed by atoms with Crippen molar-refractivity contribution in [3.05, 3.63) is 0 Å². The van der Waals surface area contributed by atoms with Crippen LogP contribution in [0.3, 0.4) is 0 Å². The van der Waals surface area contributed by atoms with Gasteiger partial charge in [0.15, 0.2) is 0 Å². The first kappa shape index (κ1) is 12.5. The van der Waals surface area contributed by atoms with Crippen molar-refractivity contribution in [1.29, 1.82) is 0 Å². The molecule has 0 saturated heterocycles. The number of rotatable bonds is 6. The molecule has 0 aromatic rings. The van der Waals surface area contributed by atoms with Crippen LogP contribution < -0.4 is 16.8 Å². The van der Waals surface area contributed by atoms with Crippen LogP contribution in [-0.4, -0.2) is 24.0 Å². The number of amides is 1. The summed E-state index contributed by atoms with van der Waals surface area (Å²) >= 11 is 0. The number of carbonyl (C=O) groups is 1. The standard InChI is InChI=1S/C11H23N3O/c1-3-4-9(13)10(15)14-11(2,7-12)8-5-6-8/h8-9H,3-7,12-13H2,1-2H3,(H,14,15). The molecule has 0 aromatic heterocycles. The van der Waals surface area contributed by atoms with Crippen molar-refractivity contribution in [3.8, 4) is 0 Å². The Labute approximate surface area is 91.8 Å². The van der Waals surface area contributed by atoms with Gasteiger partial charge in [-0.2, -0.15) is 0 Å². The molecular formula is C11H23N3O. The maximum atomic E-state index is 11.7. The minimum atomic E-state index is -0.389. The number of nitrogens with two attached hydrogens (primary N) is 2. The lowest BCUT2D eigenvalue weighted by Crippen LogP contribution is -2.57. The van der Waals surface area contributed by atoms with Crippen molar-refractivity contribution in [2.45, 2.75) is 51.1 Å². The molecule has 1 aliphatic carbocycles. The Balaban J connectivity index is 2.47. The highest BCUT2D eigenvalue weighted by Crippen LogP contribution is 2.38. The molecule has 1 saturated carbocycles. The van der Waals surface area contributed by atoms with Crippen LogP contribution in [0.15, 0.2) is 0 Å². The van der Waals surface area contributed by atoms with Crippen LogP contribution in [0.2, 0.25) is 0 Å². The summed E-state index contributed by atoms with van der Waals surface area (Å²) in [6.45, 7) is 4.53. The van der Waals surface area contributed by atoms with Crippen molar-refractivity contribution in [2.75, 3.05) is 6.54 Å².